The largest absolute Gasteiger partial charge is 0.507 e. The molecule has 0 bridgehead atoms. The van der Waals surface area contributed by atoms with Crippen molar-refractivity contribution in [2.75, 3.05) is 0 Å². The van der Waals surface area contributed by atoms with Crippen LogP contribution in [-0.2, 0) is 0 Å². The van der Waals surface area contributed by atoms with Crippen LogP contribution in [0.5, 0.6) is 5.75 Å². The van der Waals surface area contributed by atoms with Crippen LogP contribution in [0.2, 0.25) is 0 Å². The third kappa shape index (κ3) is 3.68. The molecular formula is C42H26O2. The Labute approximate surface area is 262 Å². The van der Waals surface area contributed by atoms with E-state index >= 15 is 0 Å². The second-order valence-corrected chi connectivity index (χ2v) is 10.9. The van der Waals surface area contributed by atoms with Crippen LogP contribution in [0.25, 0.3) is 87.6 Å². The van der Waals surface area contributed by atoms with Crippen LogP contribution < -0.4 is 0 Å². The highest BCUT2D eigenvalue weighted by Crippen LogP contribution is 2.46. The van der Waals surface area contributed by atoms with Gasteiger partial charge in [-0.05, 0) is 89.9 Å². The minimum atomic E-state index is -0.505. The first-order valence-electron chi connectivity index (χ1n) is 17.4. The van der Waals surface area contributed by atoms with E-state index in [4.69, 9.17) is 9.90 Å². The highest BCUT2D eigenvalue weighted by molar-refractivity contribution is 6.22. The van der Waals surface area contributed by atoms with Gasteiger partial charge in [0, 0.05) is 5.39 Å². The van der Waals surface area contributed by atoms with Crippen molar-refractivity contribution in [3.05, 3.63) is 152 Å². The standard InChI is InChI=1S/C42H26O2/c43-37-24-29(25-39-42(37)36-20-7-8-22-38(36)44-39)41-34-18-5-3-16-32(34)40(33-17-4-6-19-35(33)41)28-14-9-13-27(23-28)31-21-10-12-26-11-1-2-15-30(26)31/h1-25,43H/i7D,8D,20D,22D,24D,25D. The van der Waals surface area contributed by atoms with Crippen LogP contribution in [0.1, 0.15) is 8.22 Å². The molecule has 1 N–H and O–H groups in total. The molecule has 0 aliphatic heterocycles. The Balaban J connectivity index is 1.37. The molecule has 0 saturated heterocycles. The smallest absolute Gasteiger partial charge is 0.139 e. The van der Waals surface area contributed by atoms with E-state index in [2.05, 4.69) is 54.6 Å². The zero-order valence-electron chi connectivity index (χ0n) is 29.3. The van der Waals surface area contributed by atoms with Gasteiger partial charge < -0.3 is 9.52 Å². The molecule has 0 aliphatic rings. The number of rotatable bonds is 3. The van der Waals surface area contributed by atoms with Crippen molar-refractivity contribution in [1.29, 1.82) is 0 Å². The summed E-state index contributed by atoms with van der Waals surface area (Å²) in [6.45, 7) is 0. The van der Waals surface area contributed by atoms with Gasteiger partial charge in [-0.3, -0.25) is 0 Å². The molecule has 0 radical (unpaired) electrons. The van der Waals surface area contributed by atoms with Crippen molar-refractivity contribution >= 4 is 54.3 Å². The number of benzene rings is 8. The van der Waals surface area contributed by atoms with Gasteiger partial charge in [-0.25, -0.2) is 0 Å². The van der Waals surface area contributed by atoms with Gasteiger partial charge in [-0.1, -0.05) is 127 Å². The van der Waals surface area contributed by atoms with Crippen LogP contribution in [0.4, 0.5) is 0 Å². The number of fused-ring (bicyclic) bond motifs is 6. The normalized spacial score (nSPS) is 13.6. The SMILES string of the molecule is [2H]c1c([2H])c([2H])c2c(oc3c([2H])c(-c4c5ccccc5c(-c5cccc(-c6cccc7ccccc67)c5)c5ccccc45)c([2H])c(O)c32)c1[2H]. The molecule has 206 valence electrons. The fourth-order valence-corrected chi connectivity index (χ4v) is 6.61. The number of hydrogen-bond donors (Lipinski definition) is 1. The lowest BCUT2D eigenvalue weighted by molar-refractivity contribution is 0.482. The molecule has 0 atom stereocenters. The van der Waals surface area contributed by atoms with E-state index in [0.717, 1.165) is 54.6 Å². The van der Waals surface area contributed by atoms with E-state index in [9.17, 15) is 7.85 Å². The minimum Gasteiger partial charge on any atom is -0.507 e. The van der Waals surface area contributed by atoms with Gasteiger partial charge >= 0.3 is 0 Å². The van der Waals surface area contributed by atoms with Crippen LogP contribution in [0.15, 0.2) is 156 Å². The number of para-hydroxylation sites is 1. The lowest BCUT2D eigenvalue weighted by Gasteiger charge is -2.18. The Bertz CT molecular complexity index is 2850. The average Bonchev–Trinajstić information content (AvgIpc) is 3.56. The van der Waals surface area contributed by atoms with Crippen LogP contribution in [0, 0.1) is 0 Å². The number of aromatic hydroxyl groups is 1. The molecule has 0 aliphatic carbocycles. The van der Waals surface area contributed by atoms with Crippen molar-refractivity contribution < 1.29 is 17.7 Å². The van der Waals surface area contributed by atoms with E-state index in [-0.39, 0.29) is 39.6 Å². The molecule has 0 amide bonds. The molecule has 0 saturated carbocycles. The van der Waals surface area contributed by atoms with Crippen molar-refractivity contribution in [2.45, 2.75) is 0 Å². The number of phenols is 1. The van der Waals surface area contributed by atoms with Gasteiger partial charge in [0.05, 0.1) is 13.6 Å². The maximum atomic E-state index is 11.6. The molecular weight excluding hydrogens is 536 g/mol. The number of furan rings is 1. The number of hydrogen-bond acceptors (Lipinski definition) is 2. The first-order valence-corrected chi connectivity index (χ1v) is 14.4. The Morgan fingerprint density at radius 2 is 1.09 bits per heavy atom. The fraction of sp³-hybridized carbons (Fsp3) is 0. The summed E-state index contributed by atoms with van der Waals surface area (Å²) in [4.78, 5) is 0. The molecule has 0 fully saturated rings. The summed E-state index contributed by atoms with van der Waals surface area (Å²) in [6, 6.07) is 36.6. The summed E-state index contributed by atoms with van der Waals surface area (Å²) < 4.78 is 57.9. The Morgan fingerprint density at radius 3 is 1.84 bits per heavy atom. The lowest BCUT2D eigenvalue weighted by atomic mass is 9.85. The predicted molar refractivity (Wildman–Crippen MR) is 184 cm³/mol. The summed E-state index contributed by atoms with van der Waals surface area (Å²) in [5, 5.41) is 17.2. The van der Waals surface area contributed by atoms with E-state index in [1.807, 2.05) is 60.7 Å². The van der Waals surface area contributed by atoms with Gasteiger partial charge in [-0.2, -0.15) is 0 Å². The molecule has 2 nitrogen and oxygen atoms in total. The van der Waals surface area contributed by atoms with Gasteiger partial charge in [0.25, 0.3) is 0 Å². The molecule has 44 heavy (non-hydrogen) atoms. The van der Waals surface area contributed by atoms with Crippen molar-refractivity contribution in [2.24, 2.45) is 0 Å². The molecule has 1 heterocycles. The second-order valence-electron chi connectivity index (χ2n) is 10.9. The number of phenolic OH excluding ortho intramolecular Hbond substituents is 1. The first kappa shape index (κ1) is 19.4. The maximum Gasteiger partial charge on any atom is 0.139 e. The summed E-state index contributed by atoms with van der Waals surface area (Å²) in [7, 11) is 0. The van der Waals surface area contributed by atoms with Gasteiger partial charge in [0.15, 0.2) is 0 Å². The molecule has 2 heteroatoms. The van der Waals surface area contributed by atoms with Gasteiger partial charge in [0.1, 0.15) is 16.9 Å². The quantitative estimate of drug-likeness (QED) is 0.215. The fourth-order valence-electron chi connectivity index (χ4n) is 6.61. The van der Waals surface area contributed by atoms with Crippen LogP contribution >= 0.6 is 0 Å². The van der Waals surface area contributed by atoms with E-state index in [0.29, 0.717) is 5.56 Å². The monoisotopic (exact) mass is 568 g/mol. The minimum absolute atomic E-state index is 0.0480. The molecule has 0 unspecified atom stereocenters. The molecule has 8 aromatic carbocycles. The predicted octanol–water partition coefficient (Wildman–Crippen LogP) is 11.8. The summed E-state index contributed by atoms with van der Waals surface area (Å²) >= 11 is 0. The summed E-state index contributed by atoms with van der Waals surface area (Å²) in [6.07, 6.45) is 0. The summed E-state index contributed by atoms with van der Waals surface area (Å²) in [5.74, 6) is -0.505. The molecule has 9 rings (SSSR count). The van der Waals surface area contributed by atoms with Crippen LogP contribution in [-0.4, -0.2) is 5.11 Å². The lowest BCUT2D eigenvalue weighted by Crippen LogP contribution is -1.91. The Hall–Kier alpha value is -5.86. The van der Waals surface area contributed by atoms with E-state index in [1.165, 1.54) is 0 Å². The topological polar surface area (TPSA) is 33.4 Å². The maximum absolute atomic E-state index is 11.6. The first-order chi connectivity index (χ1) is 24.3. The Kier molecular flexibility index (Phi) is 4.22. The summed E-state index contributed by atoms with van der Waals surface area (Å²) in [5.41, 5.74) is 4.67. The van der Waals surface area contributed by atoms with Gasteiger partial charge in [0.2, 0.25) is 0 Å². The zero-order chi connectivity index (χ0) is 34.4. The average molecular weight is 569 g/mol. The van der Waals surface area contributed by atoms with Crippen molar-refractivity contribution in [3.8, 4) is 39.1 Å². The Morgan fingerprint density at radius 1 is 0.500 bits per heavy atom. The zero-order valence-corrected chi connectivity index (χ0v) is 23.3. The van der Waals surface area contributed by atoms with E-state index in [1.54, 1.807) is 0 Å². The van der Waals surface area contributed by atoms with Gasteiger partial charge in [-0.15, -0.1) is 0 Å². The van der Waals surface area contributed by atoms with Crippen molar-refractivity contribution in [1.82, 2.24) is 0 Å². The molecule has 0 spiro atoms. The highest BCUT2D eigenvalue weighted by Gasteiger charge is 2.20. The van der Waals surface area contributed by atoms with Crippen LogP contribution in [0.3, 0.4) is 0 Å². The molecule has 9 aromatic rings. The molecule has 1 aromatic heterocycles. The third-order valence-electron chi connectivity index (χ3n) is 8.49. The van der Waals surface area contributed by atoms with E-state index < -0.39 is 29.9 Å². The van der Waals surface area contributed by atoms with Crippen molar-refractivity contribution in [3.63, 3.8) is 0 Å². The highest BCUT2D eigenvalue weighted by atomic mass is 16.3. The third-order valence-corrected chi connectivity index (χ3v) is 8.49. The second kappa shape index (κ2) is 9.58.